The highest BCUT2D eigenvalue weighted by Gasteiger charge is 2.49. The third-order valence-electron chi connectivity index (χ3n) is 9.52. The lowest BCUT2D eigenvalue weighted by atomic mass is 9.95. The molecule has 3 fully saturated rings. The first-order valence-electron chi connectivity index (χ1n) is 15.0. The van der Waals surface area contributed by atoms with Crippen LogP contribution in [0.25, 0.3) is 32.9 Å². The molecule has 3 aliphatic rings. The zero-order chi connectivity index (χ0) is 31.5. The van der Waals surface area contributed by atoms with Gasteiger partial charge in [-0.05, 0) is 36.9 Å². The van der Waals surface area contributed by atoms with E-state index in [-0.39, 0.29) is 54.0 Å². The van der Waals surface area contributed by atoms with Gasteiger partial charge in [0.25, 0.3) is 0 Å². The third kappa shape index (κ3) is 5.06. The number of ether oxygens (including phenoxy) is 1. The van der Waals surface area contributed by atoms with Crippen molar-refractivity contribution in [1.82, 2.24) is 24.8 Å². The topological polar surface area (TPSA) is 74.7 Å². The fourth-order valence-corrected chi connectivity index (χ4v) is 7.54. The second-order valence-corrected chi connectivity index (χ2v) is 12.6. The van der Waals surface area contributed by atoms with Crippen LogP contribution in [0.2, 0.25) is 5.02 Å². The molecule has 0 unspecified atom stereocenters. The molecule has 0 N–H and O–H groups in total. The molecule has 4 aromatic rings. The van der Waals surface area contributed by atoms with Crippen LogP contribution < -0.4 is 9.64 Å². The Morgan fingerprint density at radius 1 is 1.20 bits per heavy atom. The van der Waals surface area contributed by atoms with Gasteiger partial charge in [0.15, 0.2) is 5.82 Å². The Morgan fingerprint density at radius 2 is 2.00 bits per heavy atom. The maximum absolute atomic E-state index is 16.6. The molecule has 0 spiro atoms. The molecule has 12 heteroatoms. The van der Waals surface area contributed by atoms with Crippen molar-refractivity contribution >= 4 is 45.0 Å². The summed E-state index contributed by atoms with van der Waals surface area (Å²) in [6.45, 7) is 4.77. The lowest BCUT2D eigenvalue weighted by molar-refractivity contribution is -0.125. The molecule has 2 aromatic heterocycles. The van der Waals surface area contributed by atoms with E-state index in [0.29, 0.717) is 28.9 Å². The van der Waals surface area contributed by atoms with Crippen molar-refractivity contribution in [3.63, 3.8) is 0 Å². The highest BCUT2D eigenvalue weighted by molar-refractivity contribution is 6.36. The summed E-state index contributed by atoms with van der Waals surface area (Å²) in [5.41, 5.74) is 0.000956. The van der Waals surface area contributed by atoms with Crippen molar-refractivity contribution in [2.45, 2.75) is 43.2 Å². The van der Waals surface area contributed by atoms with Crippen molar-refractivity contribution in [1.29, 1.82) is 0 Å². The van der Waals surface area contributed by atoms with Crippen LogP contribution in [0.5, 0.6) is 6.01 Å². The molecule has 5 heterocycles. The Kier molecular flexibility index (Phi) is 7.56. The number of likely N-dealkylation sites (tertiary alicyclic amines) is 1. The number of alkyl halides is 2. The lowest BCUT2D eigenvalue weighted by Gasteiger charge is -2.31. The maximum Gasteiger partial charge on any atom is 0.319 e. The van der Waals surface area contributed by atoms with Crippen LogP contribution in [0.1, 0.15) is 19.3 Å². The summed E-state index contributed by atoms with van der Waals surface area (Å²) in [5, 5.41) is 2.18. The molecule has 1 amide bonds. The number of rotatable bonds is 7. The molecule has 0 aliphatic carbocycles. The standard InChI is InChI=1S/C33H32ClF3N6O2/c1-3-26(44)42-16-24(36)25(17-42)41(2)31-22-14-38-29(21-9-4-7-19-8-5-10-23(34)27(19)21)28(37)30(22)39-32(40-31)45-18-33-11-6-12-43(33)15-20(35)13-33/h3-5,7-10,14,20,24-25H,1,6,11-13,15-18H2,2H3/t20-,24-,25+,33+/m1/s1. The van der Waals surface area contributed by atoms with E-state index in [1.807, 2.05) is 18.2 Å². The first-order valence-corrected chi connectivity index (χ1v) is 15.4. The highest BCUT2D eigenvalue weighted by atomic mass is 35.5. The fraction of sp³-hybridized carbons (Fsp3) is 0.394. The van der Waals surface area contributed by atoms with E-state index < -0.39 is 29.7 Å². The third-order valence-corrected chi connectivity index (χ3v) is 9.84. The molecule has 234 valence electrons. The van der Waals surface area contributed by atoms with Crippen molar-refractivity contribution in [3.8, 4) is 17.3 Å². The second-order valence-electron chi connectivity index (χ2n) is 12.2. The average Bonchev–Trinajstić information content (AvgIpc) is 3.70. The van der Waals surface area contributed by atoms with Crippen molar-refractivity contribution < 1.29 is 22.7 Å². The molecule has 0 bridgehead atoms. The number of benzene rings is 2. The van der Waals surface area contributed by atoms with Crippen molar-refractivity contribution in [3.05, 3.63) is 66.1 Å². The number of likely N-dealkylation sites (N-methyl/N-ethyl adjacent to an activating group) is 1. The van der Waals surface area contributed by atoms with Gasteiger partial charge in [-0.15, -0.1) is 0 Å². The van der Waals surface area contributed by atoms with Crippen LogP contribution in [0.15, 0.2) is 55.3 Å². The van der Waals surface area contributed by atoms with E-state index >= 15 is 8.78 Å². The maximum atomic E-state index is 16.6. The Hall–Kier alpha value is -3.96. The van der Waals surface area contributed by atoms with E-state index in [1.165, 1.54) is 11.1 Å². The quantitative estimate of drug-likeness (QED) is 0.239. The van der Waals surface area contributed by atoms with E-state index in [4.69, 9.17) is 16.3 Å². The first kappa shape index (κ1) is 29.7. The average molecular weight is 637 g/mol. The Morgan fingerprint density at radius 3 is 2.80 bits per heavy atom. The number of fused-ring (bicyclic) bond motifs is 3. The molecule has 45 heavy (non-hydrogen) atoms. The number of anilines is 1. The summed E-state index contributed by atoms with van der Waals surface area (Å²) in [6, 6.07) is 10.0. The minimum Gasteiger partial charge on any atom is -0.461 e. The molecule has 3 saturated heterocycles. The Balaban J connectivity index is 1.33. The van der Waals surface area contributed by atoms with E-state index in [2.05, 4.69) is 26.4 Å². The molecule has 0 radical (unpaired) electrons. The molecule has 2 aromatic carbocycles. The van der Waals surface area contributed by atoms with Gasteiger partial charge in [-0.1, -0.05) is 48.5 Å². The zero-order valence-electron chi connectivity index (χ0n) is 24.7. The molecular weight excluding hydrogens is 605 g/mol. The number of hydrogen-bond acceptors (Lipinski definition) is 7. The van der Waals surface area contributed by atoms with Gasteiger partial charge in [-0.3, -0.25) is 14.7 Å². The first-order chi connectivity index (χ1) is 21.7. The van der Waals surface area contributed by atoms with Gasteiger partial charge in [0.05, 0.1) is 23.5 Å². The predicted molar refractivity (Wildman–Crippen MR) is 168 cm³/mol. The smallest absolute Gasteiger partial charge is 0.319 e. The fourth-order valence-electron chi connectivity index (χ4n) is 7.26. The van der Waals surface area contributed by atoms with E-state index in [9.17, 15) is 9.18 Å². The van der Waals surface area contributed by atoms with Gasteiger partial charge >= 0.3 is 6.01 Å². The van der Waals surface area contributed by atoms with Crippen molar-refractivity contribution in [2.75, 3.05) is 44.7 Å². The van der Waals surface area contributed by atoms with Crippen LogP contribution in [-0.2, 0) is 4.79 Å². The zero-order valence-corrected chi connectivity index (χ0v) is 25.5. The van der Waals surface area contributed by atoms with Gasteiger partial charge < -0.3 is 14.5 Å². The predicted octanol–water partition coefficient (Wildman–Crippen LogP) is 5.76. The van der Waals surface area contributed by atoms with Gasteiger partial charge in [0.2, 0.25) is 5.91 Å². The summed E-state index contributed by atoms with van der Waals surface area (Å²) in [6.07, 6.45) is 2.33. The monoisotopic (exact) mass is 636 g/mol. The normalized spacial score (nSPS) is 24.8. The molecule has 3 aliphatic heterocycles. The number of pyridine rings is 1. The molecule has 7 rings (SSSR count). The number of carbonyl (C=O) groups excluding carboxylic acids is 1. The minimum absolute atomic E-state index is 0.0445. The van der Waals surface area contributed by atoms with Crippen LogP contribution in [-0.4, -0.2) is 94.4 Å². The number of nitrogens with zero attached hydrogens (tertiary/aromatic N) is 6. The molecule has 0 saturated carbocycles. The summed E-state index contributed by atoms with van der Waals surface area (Å²) >= 11 is 6.56. The SMILES string of the molecule is C=CC(=O)N1C[C@@H](F)[C@@H](N(C)c2nc(OC[C@@]34CCCN3C[C@H](F)C4)nc3c(F)c(-c4cccc5cccc(Cl)c45)ncc23)C1. The minimum atomic E-state index is -1.39. The Bertz CT molecular complexity index is 1820. The second kappa shape index (κ2) is 11.4. The van der Waals surface area contributed by atoms with Crippen LogP contribution in [0.4, 0.5) is 19.0 Å². The van der Waals surface area contributed by atoms with Gasteiger partial charge in [-0.25, -0.2) is 13.2 Å². The molecular formula is C33H32ClF3N6O2. The summed E-state index contributed by atoms with van der Waals surface area (Å²) in [7, 11) is 1.64. The van der Waals surface area contributed by atoms with Gasteiger partial charge in [-0.2, -0.15) is 9.97 Å². The number of amides is 1. The van der Waals surface area contributed by atoms with Gasteiger partial charge in [0, 0.05) is 48.7 Å². The number of hydrogen-bond donors (Lipinski definition) is 0. The lowest BCUT2D eigenvalue weighted by Crippen LogP contribution is -2.43. The molecule has 4 atom stereocenters. The number of aromatic nitrogens is 3. The summed E-state index contributed by atoms with van der Waals surface area (Å²) in [5.74, 6) is -0.877. The Labute approximate surface area is 263 Å². The largest absolute Gasteiger partial charge is 0.461 e. The summed E-state index contributed by atoms with van der Waals surface area (Å²) in [4.78, 5) is 31.0. The highest BCUT2D eigenvalue weighted by Crippen LogP contribution is 2.41. The van der Waals surface area contributed by atoms with Crippen LogP contribution in [0, 0.1) is 5.82 Å². The summed E-state index contributed by atoms with van der Waals surface area (Å²) < 4.78 is 52.6. The number of carbonyl (C=O) groups is 1. The van der Waals surface area contributed by atoms with Crippen molar-refractivity contribution in [2.24, 2.45) is 0 Å². The van der Waals surface area contributed by atoms with Crippen LogP contribution in [0.3, 0.4) is 0 Å². The number of halogens is 4. The van der Waals surface area contributed by atoms with Crippen LogP contribution >= 0.6 is 11.6 Å². The molecule has 8 nitrogen and oxygen atoms in total. The van der Waals surface area contributed by atoms with E-state index in [0.717, 1.165) is 30.8 Å². The van der Waals surface area contributed by atoms with Gasteiger partial charge in [0.1, 0.15) is 36.0 Å². The van der Waals surface area contributed by atoms with E-state index in [1.54, 1.807) is 30.1 Å².